The molecule has 0 saturated heterocycles. The monoisotopic (exact) mass is 441 g/mol. The number of halogens is 2. The topological polar surface area (TPSA) is 57.6 Å². The van der Waals surface area contributed by atoms with Crippen molar-refractivity contribution < 1.29 is 9.84 Å². The zero-order valence-electron chi connectivity index (χ0n) is 16.2. The molecular formula is C23H21Cl2N3O2. The van der Waals surface area contributed by atoms with Gasteiger partial charge in [0.2, 0.25) is 0 Å². The molecule has 0 bridgehead atoms. The fourth-order valence-electron chi connectivity index (χ4n) is 3.45. The van der Waals surface area contributed by atoms with E-state index >= 15 is 0 Å². The Balaban J connectivity index is 1.48. The highest BCUT2D eigenvalue weighted by Crippen LogP contribution is 2.39. The van der Waals surface area contributed by atoms with Crippen molar-refractivity contribution in [2.24, 2.45) is 0 Å². The molecule has 2 N–H and O–H groups in total. The fourth-order valence-corrected chi connectivity index (χ4v) is 4.02. The Labute approximate surface area is 185 Å². The molecule has 2 aromatic carbocycles. The van der Waals surface area contributed by atoms with Crippen molar-refractivity contribution in [2.75, 3.05) is 29.9 Å². The van der Waals surface area contributed by atoms with Crippen LogP contribution in [0, 0.1) is 0 Å². The SMILES string of the molecule is Oc1cnc(NCCOc2ccccc2)c2c1N(Cc1cc(Cl)cc(Cl)c1)CC=C2. The average Bonchev–Trinajstić information content (AvgIpc) is 2.73. The largest absolute Gasteiger partial charge is 0.504 e. The van der Waals surface area contributed by atoms with Gasteiger partial charge in [0.25, 0.3) is 0 Å². The number of pyridine rings is 1. The smallest absolute Gasteiger partial charge is 0.158 e. The molecule has 1 aromatic heterocycles. The summed E-state index contributed by atoms with van der Waals surface area (Å²) in [5.74, 6) is 1.66. The van der Waals surface area contributed by atoms with Crippen LogP contribution in [0.25, 0.3) is 6.08 Å². The van der Waals surface area contributed by atoms with Gasteiger partial charge in [0.15, 0.2) is 5.75 Å². The van der Waals surface area contributed by atoms with Crippen molar-refractivity contribution in [3.8, 4) is 11.5 Å². The summed E-state index contributed by atoms with van der Waals surface area (Å²) in [6.45, 7) is 2.30. The van der Waals surface area contributed by atoms with Crippen LogP contribution in [0.4, 0.5) is 11.5 Å². The Morgan fingerprint density at radius 1 is 1.10 bits per heavy atom. The van der Waals surface area contributed by atoms with Gasteiger partial charge in [0, 0.05) is 28.7 Å². The Kier molecular flexibility index (Phi) is 6.31. The first-order valence-electron chi connectivity index (χ1n) is 9.60. The number of nitrogens with zero attached hydrogens (tertiary/aromatic N) is 2. The highest BCUT2D eigenvalue weighted by Gasteiger charge is 2.21. The second-order valence-electron chi connectivity index (χ2n) is 6.90. The van der Waals surface area contributed by atoms with Gasteiger partial charge in [-0.3, -0.25) is 0 Å². The first-order chi connectivity index (χ1) is 14.6. The highest BCUT2D eigenvalue weighted by atomic mass is 35.5. The number of aromatic hydroxyl groups is 1. The number of nitrogens with one attached hydrogen (secondary N) is 1. The van der Waals surface area contributed by atoms with E-state index in [1.165, 1.54) is 6.20 Å². The molecule has 30 heavy (non-hydrogen) atoms. The molecular weight excluding hydrogens is 421 g/mol. The number of para-hydroxylation sites is 1. The minimum Gasteiger partial charge on any atom is -0.504 e. The number of rotatable bonds is 7. The zero-order valence-corrected chi connectivity index (χ0v) is 17.7. The Bertz CT molecular complexity index is 1040. The third kappa shape index (κ3) is 4.81. The van der Waals surface area contributed by atoms with Crippen LogP contribution in [0.5, 0.6) is 11.5 Å². The Morgan fingerprint density at radius 3 is 2.63 bits per heavy atom. The molecule has 0 radical (unpaired) electrons. The lowest BCUT2D eigenvalue weighted by atomic mass is 10.1. The van der Waals surface area contributed by atoms with Crippen molar-refractivity contribution in [1.82, 2.24) is 4.98 Å². The van der Waals surface area contributed by atoms with Crippen LogP contribution in [0.2, 0.25) is 10.0 Å². The fraction of sp³-hybridized carbons (Fsp3) is 0.174. The molecule has 0 amide bonds. The number of aromatic nitrogens is 1. The van der Waals surface area contributed by atoms with E-state index in [2.05, 4.69) is 15.2 Å². The number of hydrogen-bond acceptors (Lipinski definition) is 5. The molecule has 0 saturated carbocycles. The lowest BCUT2D eigenvalue weighted by molar-refractivity contribution is 0.333. The summed E-state index contributed by atoms with van der Waals surface area (Å²) in [6, 6.07) is 15.1. The number of ether oxygens (including phenoxy) is 1. The van der Waals surface area contributed by atoms with Crippen LogP contribution in [-0.4, -0.2) is 29.8 Å². The van der Waals surface area contributed by atoms with E-state index in [0.29, 0.717) is 42.1 Å². The van der Waals surface area contributed by atoms with Gasteiger partial charge < -0.3 is 20.1 Å². The van der Waals surface area contributed by atoms with E-state index in [1.54, 1.807) is 6.07 Å². The summed E-state index contributed by atoms with van der Waals surface area (Å²) in [7, 11) is 0. The van der Waals surface area contributed by atoms with E-state index < -0.39 is 0 Å². The number of benzene rings is 2. The Morgan fingerprint density at radius 2 is 1.87 bits per heavy atom. The molecule has 4 rings (SSSR count). The van der Waals surface area contributed by atoms with Gasteiger partial charge in [-0.25, -0.2) is 4.98 Å². The second-order valence-corrected chi connectivity index (χ2v) is 7.78. The maximum atomic E-state index is 10.5. The molecule has 0 atom stereocenters. The normalized spacial score (nSPS) is 12.5. The minimum absolute atomic E-state index is 0.133. The summed E-state index contributed by atoms with van der Waals surface area (Å²) in [5.41, 5.74) is 2.54. The van der Waals surface area contributed by atoms with Gasteiger partial charge in [0.05, 0.1) is 18.4 Å². The highest BCUT2D eigenvalue weighted by molar-refractivity contribution is 6.34. The molecule has 5 nitrogen and oxygen atoms in total. The molecule has 0 aliphatic carbocycles. The summed E-state index contributed by atoms with van der Waals surface area (Å²) in [5, 5.41) is 15.0. The van der Waals surface area contributed by atoms with Crippen molar-refractivity contribution >= 4 is 40.8 Å². The molecule has 0 unspecified atom stereocenters. The number of fused-ring (bicyclic) bond motifs is 1. The lowest BCUT2D eigenvalue weighted by Crippen LogP contribution is -2.26. The van der Waals surface area contributed by atoms with Crippen LogP contribution < -0.4 is 15.0 Å². The van der Waals surface area contributed by atoms with E-state index in [1.807, 2.05) is 54.6 Å². The van der Waals surface area contributed by atoms with Gasteiger partial charge in [-0.1, -0.05) is 53.6 Å². The van der Waals surface area contributed by atoms with Crippen LogP contribution in [0.1, 0.15) is 11.1 Å². The van der Waals surface area contributed by atoms with Crippen molar-refractivity contribution in [3.05, 3.63) is 82.0 Å². The average molecular weight is 442 g/mol. The predicted octanol–water partition coefficient (Wildman–Crippen LogP) is 5.62. The molecule has 1 aliphatic heterocycles. The van der Waals surface area contributed by atoms with E-state index in [4.69, 9.17) is 27.9 Å². The molecule has 7 heteroatoms. The van der Waals surface area contributed by atoms with Gasteiger partial charge in [-0.15, -0.1) is 0 Å². The van der Waals surface area contributed by atoms with Crippen LogP contribution in [-0.2, 0) is 6.54 Å². The van der Waals surface area contributed by atoms with Crippen LogP contribution >= 0.6 is 23.2 Å². The summed E-state index contributed by atoms with van der Waals surface area (Å²) in [4.78, 5) is 6.44. The van der Waals surface area contributed by atoms with Crippen LogP contribution in [0.15, 0.2) is 60.8 Å². The molecule has 154 valence electrons. The maximum Gasteiger partial charge on any atom is 0.158 e. The lowest BCUT2D eigenvalue weighted by Gasteiger charge is -2.30. The minimum atomic E-state index is 0.133. The van der Waals surface area contributed by atoms with Crippen molar-refractivity contribution in [2.45, 2.75) is 6.54 Å². The summed E-state index contributed by atoms with van der Waals surface area (Å²) in [6.07, 6.45) is 5.49. The van der Waals surface area contributed by atoms with Gasteiger partial charge in [-0.2, -0.15) is 0 Å². The van der Waals surface area contributed by atoms with Crippen molar-refractivity contribution in [3.63, 3.8) is 0 Å². The predicted molar refractivity (Wildman–Crippen MR) is 123 cm³/mol. The molecule has 0 fully saturated rings. The van der Waals surface area contributed by atoms with Gasteiger partial charge in [-0.05, 0) is 35.9 Å². The number of anilines is 2. The van der Waals surface area contributed by atoms with E-state index in [9.17, 15) is 5.11 Å². The van der Waals surface area contributed by atoms with Gasteiger partial charge >= 0.3 is 0 Å². The quantitative estimate of drug-likeness (QED) is 0.466. The third-order valence-electron chi connectivity index (χ3n) is 4.70. The van der Waals surface area contributed by atoms with Gasteiger partial charge in [0.1, 0.15) is 18.2 Å². The number of hydrogen-bond donors (Lipinski definition) is 2. The third-order valence-corrected chi connectivity index (χ3v) is 5.13. The summed E-state index contributed by atoms with van der Waals surface area (Å²) >= 11 is 12.3. The molecule has 0 spiro atoms. The van der Waals surface area contributed by atoms with E-state index in [0.717, 1.165) is 22.6 Å². The van der Waals surface area contributed by atoms with E-state index in [-0.39, 0.29) is 5.75 Å². The zero-order chi connectivity index (χ0) is 20.9. The molecule has 2 heterocycles. The molecule has 1 aliphatic rings. The first kappa shape index (κ1) is 20.4. The molecule has 3 aromatic rings. The second kappa shape index (κ2) is 9.28. The summed E-state index contributed by atoms with van der Waals surface area (Å²) < 4.78 is 5.72. The Hall–Kier alpha value is -2.89. The van der Waals surface area contributed by atoms with Crippen molar-refractivity contribution in [1.29, 1.82) is 0 Å². The van der Waals surface area contributed by atoms with Crippen LogP contribution in [0.3, 0.4) is 0 Å². The standard InChI is InChI=1S/C23H21Cl2N3O2/c24-17-11-16(12-18(25)13-17)15-28-9-4-7-20-22(28)21(29)14-27-23(20)26-8-10-30-19-5-2-1-3-6-19/h1-7,11-14,29H,8-10,15H2,(H,26,27). The maximum absolute atomic E-state index is 10.5. The first-order valence-corrected chi connectivity index (χ1v) is 10.4.